The van der Waals surface area contributed by atoms with Crippen molar-refractivity contribution in [2.45, 2.75) is 24.7 Å². The summed E-state index contributed by atoms with van der Waals surface area (Å²) in [6.07, 6.45) is 0. The minimum atomic E-state index is -0.543. The Hall–Kier alpha value is -17.8. The molecule has 0 saturated carbocycles. The number of aromatic nitrogens is 2. The highest BCUT2D eigenvalue weighted by Gasteiger charge is 2.47. The quantitative estimate of drug-likeness (QED) is 0.108. The third-order valence-electron chi connectivity index (χ3n) is 29.7. The fourth-order valence-electron chi connectivity index (χ4n) is 23.7. The van der Waals surface area contributed by atoms with Crippen molar-refractivity contribution in [2.75, 3.05) is 19.6 Å². The monoisotopic (exact) mass is 1760 g/mol. The van der Waals surface area contributed by atoms with E-state index in [4.69, 9.17) is 0 Å². The van der Waals surface area contributed by atoms with Crippen LogP contribution < -0.4 is 19.6 Å². The fraction of sp³-hybridized carbons (Fsp3) is 0.0303. The van der Waals surface area contributed by atoms with E-state index in [9.17, 15) is 0 Å². The maximum Gasteiger partial charge on any atom is 0.0714 e. The SMILES string of the molecule is CC1(C)c2ccccc2-c2ccc(N(c3ccc(-c4ccc5c6c(cccc46)N(c4ccccc4)c4ccccc4-5)cc3)c3ccc4c(c3)c3ccccc3n4-c3ccccc3)cc21.c1ccc(N2c3ccccc3-c3ccc(-c4ccc(N(c5ccc6c(c5)C(c5ccccc5)(c5ccccc5)c5ccccc5-6)c5ccc6c(c5)c5ccccc5n6-c5ccccc5)cc4)c4cccc2c34)cc1. The molecule has 4 heterocycles. The smallest absolute Gasteiger partial charge is 0.0714 e. The molecule has 28 rings (SSSR count). The second-order valence-electron chi connectivity index (χ2n) is 37.3. The van der Waals surface area contributed by atoms with Crippen molar-refractivity contribution in [1.29, 1.82) is 0 Å². The van der Waals surface area contributed by atoms with Gasteiger partial charge >= 0.3 is 0 Å². The summed E-state index contributed by atoms with van der Waals surface area (Å²) in [5, 5.41) is 9.90. The molecule has 0 amide bonds. The molecule has 2 aliphatic heterocycles. The Bertz CT molecular complexity index is 8930. The zero-order valence-corrected chi connectivity index (χ0v) is 76.2. The highest BCUT2D eigenvalue weighted by atomic mass is 15.2. The normalized spacial score (nSPS) is 13.1. The summed E-state index contributed by atoms with van der Waals surface area (Å²) in [6.45, 7) is 4.73. The van der Waals surface area contributed by atoms with Crippen molar-refractivity contribution in [2.24, 2.45) is 0 Å². The van der Waals surface area contributed by atoms with Gasteiger partial charge in [-0.2, -0.15) is 0 Å². The van der Waals surface area contributed by atoms with Crippen LogP contribution in [0.15, 0.2) is 510 Å². The average Bonchev–Trinajstić information content (AvgIpc) is 1.55. The van der Waals surface area contributed by atoms with Crippen LogP contribution in [0.4, 0.5) is 68.2 Å². The molecule has 0 spiro atoms. The molecule has 0 saturated heterocycles. The van der Waals surface area contributed by atoms with Crippen LogP contribution in [0.25, 0.3) is 143 Å². The predicted molar refractivity (Wildman–Crippen MR) is 579 cm³/mol. The molecule has 138 heavy (non-hydrogen) atoms. The van der Waals surface area contributed by atoms with Crippen molar-refractivity contribution >= 4 is 133 Å². The van der Waals surface area contributed by atoms with Crippen LogP contribution >= 0.6 is 0 Å². The van der Waals surface area contributed by atoms with Gasteiger partial charge in [-0.15, -0.1) is 0 Å². The van der Waals surface area contributed by atoms with Crippen molar-refractivity contribution in [3.63, 3.8) is 0 Å². The van der Waals surface area contributed by atoms with Crippen LogP contribution in [0.2, 0.25) is 0 Å². The summed E-state index contributed by atoms with van der Waals surface area (Å²) >= 11 is 0. The van der Waals surface area contributed by atoms with E-state index in [1.165, 1.54) is 188 Å². The highest BCUT2D eigenvalue weighted by molar-refractivity contribution is 6.20. The number of anilines is 12. The molecule has 0 N–H and O–H groups in total. The van der Waals surface area contributed by atoms with Crippen molar-refractivity contribution in [1.82, 2.24) is 9.13 Å². The van der Waals surface area contributed by atoms with E-state index in [0.29, 0.717) is 0 Å². The fourth-order valence-corrected chi connectivity index (χ4v) is 23.7. The van der Waals surface area contributed by atoms with Gasteiger partial charge in [-0.25, -0.2) is 0 Å². The molecule has 4 aliphatic rings. The van der Waals surface area contributed by atoms with Gasteiger partial charge in [0.2, 0.25) is 0 Å². The van der Waals surface area contributed by atoms with Crippen LogP contribution in [0.3, 0.4) is 0 Å². The molecule has 648 valence electrons. The van der Waals surface area contributed by atoms with E-state index in [-0.39, 0.29) is 5.41 Å². The topological polar surface area (TPSA) is 22.8 Å². The summed E-state index contributed by atoms with van der Waals surface area (Å²) in [5.74, 6) is 0. The van der Waals surface area contributed by atoms with E-state index < -0.39 is 5.41 Å². The highest BCUT2D eigenvalue weighted by Crippen LogP contribution is 2.61. The second-order valence-corrected chi connectivity index (χ2v) is 37.3. The lowest BCUT2D eigenvalue weighted by molar-refractivity contribution is 0.660. The average molecular weight is 1760 g/mol. The maximum absolute atomic E-state index is 2.48. The number of hydrogen-bond acceptors (Lipinski definition) is 4. The van der Waals surface area contributed by atoms with Crippen molar-refractivity contribution in [3.8, 4) is 78.1 Å². The van der Waals surface area contributed by atoms with Gasteiger partial charge < -0.3 is 28.7 Å². The predicted octanol–water partition coefficient (Wildman–Crippen LogP) is 35.7. The number of para-hydroxylation sites is 8. The number of benzene rings is 22. The van der Waals surface area contributed by atoms with Gasteiger partial charge in [0.15, 0.2) is 0 Å². The van der Waals surface area contributed by atoms with Gasteiger partial charge in [0.25, 0.3) is 0 Å². The molecular formula is C132H90N6. The Morgan fingerprint density at radius 2 is 0.486 bits per heavy atom. The van der Waals surface area contributed by atoms with Crippen LogP contribution in [0, 0.1) is 0 Å². The van der Waals surface area contributed by atoms with E-state index in [2.05, 4.69) is 552 Å². The van der Waals surface area contributed by atoms with Crippen LogP contribution in [0.1, 0.15) is 47.2 Å². The van der Waals surface area contributed by atoms with E-state index in [0.717, 1.165) is 56.9 Å². The second kappa shape index (κ2) is 32.0. The standard InChI is InChI=1S/C71H47N3.C61H43N3/c1-5-20-49(21-6-1)71(50-22-7-2-8-23-50)64-32-16-13-28-57(64)58-42-40-55(47-65(58)71)72(54-41-45-68-63(46-54)60-30-15-18-34-67(60)73(68)51-24-9-3-10-25-51)53-38-36-48(37-39-53)56-43-44-62-59-29-14-17-33-66(59)74(52-26-11-4-12-27-52)69-35-19-31-61(56)70(62)69;1-61(2)54-24-12-9-20-47(54)48-34-32-45(39-55(48)61)62(44-33-37-58-53(38-44)50-22-11-14-26-57(50)63(58)41-16-5-3-6-17-41)43-30-28-40(29-31-43)46-35-36-52-49-21-10-13-25-56(49)64(42-18-7-4-8-19-42)59-27-15-23-51(46)60(52)59/h1-47H;3-39H,1-2H3. The molecule has 0 radical (unpaired) electrons. The molecule has 22 aromatic carbocycles. The van der Waals surface area contributed by atoms with E-state index in [1.807, 2.05) is 0 Å². The van der Waals surface area contributed by atoms with Gasteiger partial charge in [0.1, 0.15) is 0 Å². The van der Waals surface area contributed by atoms with E-state index >= 15 is 0 Å². The largest absolute Gasteiger partial charge is 0.310 e. The summed E-state index contributed by atoms with van der Waals surface area (Å²) < 4.78 is 4.78. The molecule has 0 bridgehead atoms. The Morgan fingerprint density at radius 1 is 0.181 bits per heavy atom. The first-order chi connectivity index (χ1) is 68.3. The molecule has 0 fully saturated rings. The molecular weight excluding hydrogens is 1670 g/mol. The van der Waals surface area contributed by atoms with Crippen LogP contribution in [0.5, 0.6) is 0 Å². The molecule has 0 unspecified atom stereocenters. The lowest BCUT2D eigenvalue weighted by Gasteiger charge is -2.35. The summed E-state index contributed by atoms with van der Waals surface area (Å²) in [4.78, 5) is 9.75. The maximum atomic E-state index is 2.48. The van der Waals surface area contributed by atoms with Gasteiger partial charge in [0, 0.05) is 106 Å². The van der Waals surface area contributed by atoms with Crippen molar-refractivity contribution < 1.29 is 0 Å². The Labute approximate surface area is 802 Å². The van der Waals surface area contributed by atoms with Gasteiger partial charge in [-0.05, 0) is 270 Å². The van der Waals surface area contributed by atoms with Crippen LogP contribution in [-0.4, -0.2) is 9.13 Å². The zero-order chi connectivity index (χ0) is 91.3. The third-order valence-corrected chi connectivity index (χ3v) is 29.7. The molecule has 0 atom stereocenters. The van der Waals surface area contributed by atoms with Crippen LogP contribution in [-0.2, 0) is 10.8 Å². The third kappa shape index (κ3) is 12.4. The summed E-state index contributed by atoms with van der Waals surface area (Å²) in [7, 11) is 0. The first-order valence-corrected chi connectivity index (χ1v) is 47.9. The van der Waals surface area contributed by atoms with Gasteiger partial charge in [-0.3, -0.25) is 0 Å². The number of rotatable bonds is 14. The number of fused-ring (bicyclic) bond motifs is 16. The minimum Gasteiger partial charge on any atom is -0.310 e. The Kier molecular flexibility index (Phi) is 18.5. The molecule has 2 aliphatic carbocycles. The van der Waals surface area contributed by atoms with Crippen molar-refractivity contribution in [3.05, 3.63) is 543 Å². The minimum absolute atomic E-state index is 0.129. The van der Waals surface area contributed by atoms with E-state index in [1.54, 1.807) is 0 Å². The van der Waals surface area contributed by atoms with Gasteiger partial charge in [-0.1, -0.05) is 354 Å². The molecule has 6 heteroatoms. The first kappa shape index (κ1) is 79.9. The molecule has 24 aromatic rings. The number of hydrogen-bond donors (Lipinski definition) is 0. The summed E-state index contributed by atoms with van der Waals surface area (Å²) in [6, 6.07) is 188. The number of nitrogens with zero attached hydrogens (tertiary/aromatic N) is 6. The molecule has 6 nitrogen and oxygen atoms in total. The zero-order valence-electron chi connectivity index (χ0n) is 76.2. The lowest BCUT2D eigenvalue weighted by Crippen LogP contribution is -2.28. The van der Waals surface area contributed by atoms with Gasteiger partial charge in [0.05, 0.1) is 50.2 Å². The first-order valence-electron chi connectivity index (χ1n) is 47.9. The lowest BCUT2D eigenvalue weighted by atomic mass is 9.67. The Balaban J connectivity index is 0.000000141. The molecule has 2 aromatic heterocycles. The summed E-state index contributed by atoms with van der Waals surface area (Å²) in [5.41, 5.74) is 42.8. The Morgan fingerprint density at radius 3 is 0.942 bits per heavy atom.